The first-order valence-corrected chi connectivity index (χ1v) is 18.4. The van der Waals surface area contributed by atoms with E-state index in [0.29, 0.717) is 0 Å². The average molecular weight is 677 g/mol. The third-order valence-electron chi connectivity index (χ3n) is 11.6. The molecule has 12 rings (SSSR count). The molecule has 1 unspecified atom stereocenters. The van der Waals surface area contributed by atoms with Crippen LogP contribution in [0, 0.1) is 0 Å². The van der Waals surface area contributed by atoms with Gasteiger partial charge in [-0.15, -0.1) is 0 Å². The Morgan fingerprint density at radius 3 is 1.87 bits per heavy atom. The highest BCUT2D eigenvalue weighted by Gasteiger charge is 2.28. The molecule has 11 aromatic rings. The van der Waals surface area contributed by atoms with Gasteiger partial charge in [-0.3, -0.25) is 0 Å². The number of benzene rings is 8. The number of hydrogen-bond donors (Lipinski definition) is 0. The molecule has 53 heavy (non-hydrogen) atoms. The van der Waals surface area contributed by atoms with E-state index in [-0.39, 0.29) is 6.04 Å². The Balaban J connectivity index is 1.03. The summed E-state index contributed by atoms with van der Waals surface area (Å²) in [7, 11) is 0. The summed E-state index contributed by atoms with van der Waals surface area (Å²) in [6.07, 6.45) is 5.42. The van der Waals surface area contributed by atoms with Gasteiger partial charge in [-0.25, -0.2) is 0 Å². The summed E-state index contributed by atoms with van der Waals surface area (Å²) in [5.41, 5.74) is 10.6. The summed E-state index contributed by atoms with van der Waals surface area (Å²) in [4.78, 5) is 0. The van der Waals surface area contributed by atoms with E-state index in [1.807, 2.05) is 0 Å². The molecular formula is C50H32N2O. The fraction of sp³-hybridized carbons (Fsp3) is 0.0400. The first kappa shape index (κ1) is 28.8. The zero-order valence-electron chi connectivity index (χ0n) is 28.8. The molecule has 0 bridgehead atoms. The molecule has 3 nitrogen and oxygen atoms in total. The van der Waals surface area contributed by atoms with Gasteiger partial charge in [0.25, 0.3) is 0 Å². The highest BCUT2D eigenvalue weighted by molar-refractivity contribution is 6.13. The van der Waals surface area contributed by atoms with Gasteiger partial charge < -0.3 is 13.6 Å². The van der Waals surface area contributed by atoms with Crippen LogP contribution in [0.25, 0.3) is 99.0 Å². The van der Waals surface area contributed by atoms with Crippen molar-refractivity contribution in [3.8, 4) is 16.8 Å². The first-order valence-electron chi connectivity index (χ1n) is 18.4. The van der Waals surface area contributed by atoms with Crippen LogP contribution >= 0.6 is 0 Å². The van der Waals surface area contributed by atoms with Gasteiger partial charge in [-0.1, -0.05) is 121 Å². The van der Waals surface area contributed by atoms with E-state index < -0.39 is 0 Å². The van der Waals surface area contributed by atoms with Crippen molar-refractivity contribution in [1.29, 1.82) is 0 Å². The van der Waals surface area contributed by atoms with E-state index in [1.54, 1.807) is 0 Å². The van der Waals surface area contributed by atoms with Crippen molar-refractivity contribution < 1.29 is 4.42 Å². The van der Waals surface area contributed by atoms with Crippen molar-refractivity contribution in [2.45, 2.75) is 12.5 Å². The molecule has 0 aliphatic heterocycles. The van der Waals surface area contributed by atoms with Crippen LogP contribution in [0.2, 0.25) is 0 Å². The smallest absolute Gasteiger partial charge is 0.135 e. The summed E-state index contributed by atoms with van der Waals surface area (Å²) in [6, 6.07) is 60.1. The van der Waals surface area contributed by atoms with Crippen molar-refractivity contribution in [3.63, 3.8) is 0 Å². The van der Waals surface area contributed by atoms with E-state index in [9.17, 15) is 0 Å². The zero-order chi connectivity index (χ0) is 34.6. The number of aromatic nitrogens is 2. The van der Waals surface area contributed by atoms with E-state index >= 15 is 0 Å². The molecule has 3 aromatic heterocycles. The summed E-state index contributed by atoms with van der Waals surface area (Å²) in [5.74, 6) is 1.04. The summed E-state index contributed by atoms with van der Waals surface area (Å²) < 4.78 is 11.5. The Morgan fingerprint density at radius 2 is 1.04 bits per heavy atom. The van der Waals surface area contributed by atoms with Crippen LogP contribution in [0.15, 0.2) is 174 Å². The number of fused-ring (bicyclic) bond motifs is 12. The van der Waals surface area contributed by atoms with Crippen LogP contribution in [0.1, 0.15) is 23.8 Å². The second-order valence-corrected chi connectivity index (χ2v) is 14.4. The minimum absolute atomic E-state index is 0.0752. The summed E-state index contributed by atoms with van der Waals surface area (Å²) in [5, 5.41) is 11.3. The molecule has 0 saturated heterocycles. The monoisotopic (exact) mass is 676 g/mol. The number of rotatable bonds is 3. The van der Waals surface area contributed by atoms with Crippen LogP contribution in [-0.4, -0.2) is 9.13 Å². The van der Waals surface area contributed by atoms with Gasteiger partial charge in [0, 0.05) is 49.2 Å². The van der Waals surface area contributed by atoms with Crippen molar-refractivity contribution in [1.82, 2.24) is 9.13 Å². The minimum Gasteiger partial charge on any atom is -0.458 e. The van der Waals surface area contributed by atoms with E-state index in [2.05, 4.69) is 185 Å². The summed E-state index contributed by atoms with van der Waals surface area (Å²) in [6.45, 7) is 0. The highest BCUT2D eigenvalue weighted by atomic mass is 16.3. The second-order valence-electron chi connectivity index (χ2n) is 14.4. The Morgan fingerprint density at radius 1 is 0.453 bits per heavy atom. The quantitative estimate of drug-likeness (QED) is 0.171. The molecule has 0 saturated carbocycles. The van der Waals surface area contributed by atoms with Crippen LogP contribution in [0.5, 0.6) is 0 Å². The third-order valence-corrected chi connectivity index (χ3v) is 11.6. The second kappa shape index (κ2) is 10.8. The normalized spacial score (nSPS) is 14.5. The van der Waals surface area contributed by atoms with Crippen molar-refractivity contribution in [2.75, 3.05) is 0 Å². The molecule has 1 aliphatic rings. The molecule has 0 amide bonds. The lowest BCUT2D eigenvalue weighted by molar-refractivity contribution is 0.461. The molecule has 1 aliphatic carbocycles. The number of furan rings is 1. The third kappa shape index (κ3) is 4.10. The van der Waals surface area contributed by atoms with Gasteiger partial charge in [0.2, 0.25) is 0 Å². The lowest BCUT2D eigenvalue weighted by Gasteiger charge is -2.22. The number of hydrogen-bond acceptors (Lipinski definition) is 1. The van der Waals surface area contributed by atoms with E-state index in [4.69, 9.17) is 4.42 Å². The van der Waals surface area contributed by atoms with Gasteiger partial charge in [-0.05, 0) is 93.7 Å². The SMILES string of the molecule is C1=Cc2c(oc3ccccc23)C(n2c3ccccc3c3cc(-c4ccc5c(c4)c4ccccc4n5-c4ccc5ccc6ccccc6c5c4)ccc32)C1. The molecule has 0 spiro atoms. The molecule has 8 aromatic carbocycles. The Kier molecular flexibility index (Phi) is 5.89. The maximum absolute atomic E-state index is 6.59. The molecule has 0 fully saturated rings. The lowest BCUT2D eigenvalue weighted by atomic mass is 9.97. The predicted molar refractivity (Wildman–Crippen MR) is 222 cm³/mol. The van der Waals surface area contributed by atoms with Crippen LogP contribution in [-0.2, 0) is 0 Å². The molecule has 1 atom stereocenters. The van der Waals surface area contributed by atoms with Crippen molar-refractivity contribution in [2.24, 2.45) is 0 Å². The van der Waals surface area contributed by atoms with E-state index in [0.717, 1.165) is 17.8 Å². The number of allylic oxidation sites excluding steroid dienone is 1. The van der Waals surface area contributed by atoms with Crippen LogP contribution in [0.4, 0.5) is 0 Å². The Bertz CT molecular complexity index is 3330. The molecular weight excluding hydrogens is 645 g/mol. The summed E-state index contributed by atoms with van der Waals surface area (Å²) >= 11 is 0. The van der Waals surface area contributed by atoms with Gasteiger partial charge in [0.15, 0.2) is 0 Å². The Hall–Kier alpha value is -6.84. The molecule has 248 valence electrons. The number of nitrogens with zero attached hydrogens (tertiary/aromatic N) is 2. The molecule has 3 heteroatoms. The van der Waals surface area contributed by atoms with Gasteiger partial charge in [-0.2, -0.15) is 0 Å². The van der Waals surface area contributed by atoms with Gasteiger partial charge >= 0.3 is 0 Å². The molecule has 3 heterocycles. The van der Waals surface area contributed by atoms with E-state index in [1.165, 1.54) is 92.9 Å². The lowest BCUT2D eigenvalue weighted by Crippen LogP contribution is -2.12. The van der Waals surface area contributed by atoms with Crippen molar-refractivity contribution in [3.05, 3.63) is 181 Å². The fourth-order valence-electron chi connectivity index (χ4n) is 9.23. The van der Waals surface area contributed by atoms with Gasteiger partial charge in [0.05, 0.1) is 17.1 Å². The fourth-order valence-corrected chi connectivity index (χ4v) is 9.23. The average Bonchev–Trinajstić information content (AvgIpc) is 3.88. The van der Waals surface area contributed by atoms with Crippen LogP contribution < -0.4 is 0 Å². The van der Waals surface area contributed by atoms with Crippen LogP contribution in [0.3, 0.4) is 0 Å². The van der Waals surface area contributed by atoms with Crippen molar-refractivity contribution >= 4 is 82.2 Å². The number of para-hydroxylation sites is 3. The standard InChI is InChI=1S/C50H32N2O/c1-2-11-36-31(10-1)20-21-32-22-25-35(30-41(32)36)51-44-16-6-3-12-37(44)42-28-33(23-26-46(42)51)34-24-27-47-43(29-34)38-13-4-7-17-45(38)52(47)48-18-9-15-40-39-14-5-8-19-49(39)53-50(40)48/h1-17,19-30,48H,18H2. The topological polar surface area (TPSA) is 23.0 Å². The Labute approximate surface area is 305 Å². The predicted octanol–water partition coefficient (Wildman–Crippen LogP) is 13.6. The zero-order valence-corrected chi connectivity index (χ0v) is 28.8. The largest absolute Gasteiger partial charge is 0.458 e. The van der Waals surface area contributed by atoms with Gasteiger partial charge in [0.1, 0.15) is 11.3 Å². The minimum atomic E-state index is 0.0752. The highest BCUT2D eigenvalue weighted by Crippen LogP contribution is 2.44. The first-order chi connectivity index (χ1) is 26.3. The molecule has 0 radical (unpaired) electrons. The maximum Gasteiger partial charge on any atom is 0.135 e. The maximum atomic E-state index is 6.59. The molecule has 0 N–H and O–H groups in total.